The summed E-state index contributed by atoms with van der Waals surface area (Å²) in [6.07, 6.45) is 1.27. The monoisotopic (exact) mass is 228 g/mol. The van der Waals surface area contributed by atoms with Crippen molar-refractivity contribution in [3.63, 3.8) is 0 Å². The molecule has 0 spiro atoms. The molecule has 0 bridgehead atoms. The molecule has 0 radical (unpaired) electrons. The molecule has 0 saturated carbocycles. The summed E-state index contributed by atoms with van der Waals surface area (Å²) in [6.45, 7) is 0. The van der Waals surface area contributed by atoms with Crippen LogP contribution in [-0.2, 0) is 4.74 Å². The molecular weight excluding hydrogens is 223 g/mol. The molecule has 1 heterocycles. The summed E-state index contributed by atoms with van der Waals surface area (Å²) in [5, 5.41) is 6.21. The number of rotatable bonds is 1. The first-order valence-corrected chi connectivity index (χ1v) is 4.42. The van der Waals surface area contributed by atoms with Gasteiger partial charge in [-0.2, -0.15) is 5.10 Å². The van der Waals surface area contributed by atoms with Gasteiger partial charge in [-0.3, -0.25) is 5.10 Å². The largest absolute Gasteiger partial charge is 0.465 e. The van der Waals surface area contributed by atoms with Crippen molar-refractivity contribution in [1.29, 1.82) is 0 Å². The van der Waals surface area contributed by atoms with Gasteiger partial charge in [-0.1, -0.05) is 11.6 Å². The highest BCUT2D eigenvalue weighted by Gasteiger charge is 2.17. The first-order valence-electron chi connectivity index (χ1n) is 4.04. The van der Waals surface area contributed by atoms with Crippen molar-refractivity contribution in [2.45, 2.75) is 0 Å². The first kappa shape index (κ1) is 9.92. The van der Waals surface area contributed by atoms with E-state index in [2.05, 4.69) is 14.9 Å². The minimum Gasteiger partial charge on any atom is -0.465 e. The van der Waals surface area contributed by atoms with Gasteiger partial charge in [0, 0.05) is 0 Å². The molecule has 1 N–H and O–H groups in total. The van der Waals surface area contributed by atoms with Crippen molar-refractivity contribution < 1.29 is 13.9 Å². The third-order valence-corrected chi connectivity index (χ3v) is 2.31. The molecule has 1 aromatic carbocycles. The van der Waals surface area contributed by atoms with E-state index in [-0.39, 0.29) is 21.5 Å². The van der Waals surface area contributed by atoms with Gasteiger partial charge in [0.2, 0.25) is 0 Å². The van der Waals surface area contributed by atoms with E-state index in [4.69, 9.17) is 11.6 Å². The van der Waals surface area contributed by atoms with Gasteiger partial charge in [-0.05, 0) is 6.07 Å². The Morgan fingerprint density at radius 3 is 3.07 bits per heavy atom. The Hall–Kier alpha value is -1.62. The number of hydrogen-bond donors (Lipinski definition) is 1. The Balaban J connectivity index is 2.80. The summed E-state index contributed by atoms with van der Waals surface area (Å²) in [4.78, 5) is 11.3. The number of carbonyl (C=O) groups excluding carboxylic acids is 1. The molecule has 6 heteroatoms. The van der Waals surface area contributed by atoms with Gasteiger partial charge in [-0.25, -0.2) is 9.18 Å². The maximum Gasteiger partial charge on any atom is 0.340 e. The average molecular weight is 229 g/mol. The molecule has 4 nitrogen and oxygen atoms in total. The number of esters is 1. The highest BCUT2D eigenvalue weighted by molar-refractivity contribution is 6.32. The van der Waals surface area contributed by atoms with Crippen molar-refractivity contribution in [1.82, 2.24) is 10.2 Å². The van der Waals surface area contributed by atoms with Crippen LogP contribution in [0.5, 0.6) is 0 Å². The summed E-state index contributed by atoms with van der Waals surface area (Å²) >= 11 is 5.63. The highest BCUT2D eigenvalue weighted by atomic mass is 35.5. The standard InChI is InChI=1S/C9H6ClFN2O2/c1-15-9(14)4-2-6(10)7(11)5-3-12-13-8(4)5/h2-3H,1H3,(H,12,13). The van der Waals surface area contributed by atoms with E-state index in [0.29, 0.717) is 0 Å². The maximum absolute atomic E-state index is 13.4. The van der Waals surface area contributed by atoms with E-state index >= 15 is 0 Å². The summed E-state index contributed by atoms with van der Waals surface area (Å²) < 4.78 is 18.0. The Kier molecular flexibility index (Phi) is 2.32. The Bertz CT molecular complexity index is 538. The van der Waals surface area contributed by atoms with Gasteiger partial charge >= 0.3 is 5.97 Å². The SMILES string of the molecule is COC(=O)c1cc(Cl)c(F)c2cn[nH]c12. The zero-order chi connectivity index (χ0) is 11.0. The van der Waals surface area contributed by atoms with Gasteiger partial charge in [0.25, 0.3) is 0 Å². The molecule has 0 atom stereocenters. The molecular formula is C9H6ClFN2O2. The fourth-order valence-corrected chi connectivity index (χ4v) is 1.53. The molecule has 0 fully saturated rings. The van der Waals surface area contributed by atoms with E-state index < -0.39 is 11.8 Å². The van der Waals surface area contributed by atoms with E-state index in [9.17, 15) is 9.18 Å². The van der Waals surface area contributed by atoms with Gasteiger partial charge < -0.3 is 4.74 Å². The van der Waals surface area contributed by atoms with Crippen molar-refractivity contribution in [2.75, 3.05) is 7.11 Å². The topological polar surface area (TPSA) is 55.0 Å². The Morgan fingerprint density at radius 1 is 1.67 bits per heavy atom. The second-order valence-electron chi connectivity index (χ2n) is 2.87. The zero-order valence-corrected chi connectivity index (χ0v) is 8.43. The van der Waals surface area contributed by atoms with Crippen LogP contribution in [0.15, 0.2) is 12.3 Å². The summed E-state index contributed by atoms with van der Waals surface area (Å²) in [5.41, 5.74) is 0.445. The summed E-state index contributed by atoms with van der Waals surface area (Å²) in [6, 6.07) is 1.21. The molecule has 0 aliphatic carbocycles. The fourth-order valence-electron chi connectivity index (χ4n) is 1.32. The predicted molar refractivity (Wildman–Crippen MR) is 52.4 cm³/mol. The Labute approximate surface area is 89.0 Å². The van der Waals surface area contributed by atoms with Crippen molar-refractivity contribution >= 4 is 28.5 Å². The van der Waals surface area contributed by atoms with Gasteiger partial charge in [-0.15, -0.1) is 0 Å². The molecule has 15 heavy (non-hydrogen) atoms. The normalized spacial score (nSPS) is 10.6. The van der Waals surface area contributed by atoms with E-state index in [1.54, 1.807) is 0 Å². The molecule has 2 aromatic rings. The van der Waals surface area contributed by atoms with Crippen molar-refractivity contribution in [3.05, 3.63) is 28.7 Å². The molecule has 2 rings (SSSR count). The van der Waals surface area contributed by atoms with Crippen LogP contribution in [0.2, 0.25) is 5.02 Å². The Morgan fingerprint density at radius 2 is 2.40 bits per heavy atom. The van der Waals surface area contributed by atoms with Gasteiger partial charge in [0.1, 0.15) is 0 Å². The number of methoxy groups -OCH3 is 1. The lowest BCUT2D eigenvalue weighted by Gasteiger charge is -2.02. The van der Waals surface area contributed by atoms with Crippen LogP contribution in [0.1, 0.15) is 10.4 Å². The van der Waals surface area contributed by atoms with Crippen LogP contribution < -0.4 is 0 Å². The first-order chi connectivity index (χ1) is 7.15. The number of carbonyl (C=O) groups is 1. The number of nitrogens with one attached hydrogen (secondary N) is 1. The quantitative estimate of drug-likeness (QED) is 0.761. The zero-order valence-electron chi connectivity index (χ0n) is 7.67. The summed E-state index contributed by atoms with van der Waals surface area (Å²) in [7, 11) is 1.24. The van der Waals surface area contributed by atoms with Crippen LogP contribution in [0.3, 0.4) is 0 Å². The lowest BCUT2D eigenvalue weighted by Crippen LogP contribution is -2.03. The molecule has 0 saturated heterocycles. The van der Waals surface area contributed by atoms with Crippen molar-refractivity contribution in [2.24, 2.45) is 0 Å². The smallest absolute Gasteiger partial charge is 0.340 e. The lowest BCUT2D eigenvalue weighted by atomic mass is 10.1. The third kappa shape index (κ3) is 1.45. The van der Waals surface area contributed by atoms with Crippen LogP contribution in [-0.4, -0.2) is 23.3 Å². The minimum atomic E-state index is -0.604. The molecule has 78 valence electrons. The van der Waals surface area contributed by atoms with Crippen LogP contribution in [0.4, 0.5) is 4.39 Å². The molecule has 0 unspecified atom stereocenters. The average Bonchev–Trinajstić information content (AvgIpc) is 2.71. The molecule has 0 aliphatic heterocycles. The minimum absolute atomic E-state index is 0.135. The number of H-pyrrole nitrogens is 1. The summed E-state index contributed by atoms with van der Waals surface area (Å²) in [5.74, 6) is -1.20. The molecule has 0 aliphatic rings. The third-order valence-electron chi connectivity index (χ3n) is 2.03. The number of nitrogens with zero attached hydrogens (tertiary/aromatic N) is 1. The number of aromatic amines is 1. The fraction of sp³-hybridized carbons (Fsp3) is 0.111. The predicted octanol–water partition coefficient (Wildman–Crippen LogP) is 2.14. The number of halogens is 2. The second kappa shape index (κ2) is 3.51. The van der Waals surface area contributed by atoms with Gasteiger partial charge in [0.15, 0.2) is 5.82 Å². The van der Waals surface area contributed by atoms with E-state index in [0.717, 1.165) is 0 Å². The van der Waals surface area contributed by atoms with Gasteiger partial charge in [0.05, 0.1) is 34.8 Å². The number of ether oxygens (including phenoxy) is 1. The van der Waals surface area contributed by atoms with Crippen LogP contribution in [0.25, 0.3) is 10.9 Å². The number of hydrogen-bond acceptors (Lipinski definition) is 3. The molecule has 0 amide bonds. The number of fused-ring (bicyclic) bond motifs is 1. The van der Waals surface area contributed by atoms with Crippen LogP contribution in [0, 0.1) is 5.82 Å². The number of benzene rings is 1. The van der Waals surface area contributed by atoms with E-state index in [1.807, 2.05) is 0 Å². The molecule has 1 aromatic heterocycles. The highest BCUT2D eigenvalue weighted by Crippen LogP contribution is 2.26. The maximum atomic E-state index is 13.4. The lowest BCUT2D eigenvalue weighted by molar-refractivity contribution is 0.0602. The van der Waals surface area contributed by atoms with Crippen LogP contribution >= 0.6 is 11.6 Å². The van der Waals surface area contributed by atoms with Crippen molar-refractivity contribution in [3.8, 4) is 0 Å². The van der Waals surface area contributed by atoms with E-state index in [1.165, 1.54) is 19.4 Å². The number of aromatic nitrogens is 2. The second-order valence-corrected chi connectivity index (χ2v) is 3.28.